The number of nitrogens with zero attached hydrogens (tertiary/aromatic N) is 3. The molecule has 0 saturated carbocycles. The molecule has 24 heavy (non-hydrogen) atoms. The standard InChI is InChI=1S/C19H27N3O2/c1-16(2)23-13-12-21-8-10-22(11-9-21)14-19-20-18(15-24-19)17-6-4-3-5-7-17/h3-7,15-16H,8-14H2,1-2H3. The zero-order valence-electron chi connectivity index (χ0n) is 14.6. The lowest BCUT2D eigenvalue weighted by atomic mass is 10.2. The van der Waals surface area contributed by atoms with Crippen LogP contribution in [0.15, 0.2) is 41.0 Å². The molecular formula is C19H27N3O2. The van der Waals surface area contributed by atoms with Crippen molar-refractivity contribution in [2.45, 2.75) is 26.5 Å². The van der Waals surface area contributed by atoms with Gasteiger partial charge in [-0.25, -0.2) is 4.98 Å². The molecule has 1 aliphatic heterocycles. The Kier molecular flexibility index (Phi) is 6.01. The lowest BCUT2D eigenvalue weighted by Crippen LogP contribution is -2.46. The molecule has 1 aliphatic rings. The lowest BCUT2D eigenvalue weighted by molar-refractivity contribution is 0.0426. The van der Waals surface area contributed by atoms with Crippen LogP contribution < -0.4 is 0 Å². The highest BCUT2D eigenvalue weighted by atomic mass is 16.5. The summed E-state index contributed by atoms with van der Waals surface area (Å²) in [6, 6.07) is 10.2. The van der Waals surface area contributed by atoms with Crippen LogP contribution in [0.2, 0.25) is 0 Å². The molecular weight excluding hydrogens is 302 g/mol. The van der Waals surface area contributed by atoms with E-state index in [0.29, 0.717) is 6.10 Å². The number of oxazole rings is 1. The first-order valence-corrected chi connectivity index (χ1v) is 8.77. The Balaban J connectivity index is 1.44. The fraction of sp³-hybridized carbons (Fsp3) is 0.526. The summed E-state index contributed by atoms with van der Waals surface area (Å²) in [7, 11) is 0. The minimum atomic E-state index is 0.315. The summed E-state index contributed by atoms with van der Waals surface area (Å²) in [5, 5.41) is 0. The molecule has 2 aromatic rings. The average Bonchev–Trinajstić information content (AvgIpc) is 3.05. The maximum Gasteiger partial charge on any atom is 0.208 e. The highest BCUT2D eigenvalue weighted by molar-refractivity contribution is 5.57. The molecule has 0 atom stereocenters. The second kappa shape index (κ2) is 8.42. The first-order chi connectivity index (χ1) is 11.7. The number of hydrogen-bond acceptors (Lipinski definition) is 5. The molecule has 3 rings (SSSR count). The molecule has 5 nitrogen and oxygen atoms in total. The zero-order valence-corrected chi connectivity index (χ0v) is 14.6. The topological polar surface area (TPSA) is 41.7 Å². The van der Waals surface area contributed by atoms with Gasteiger partial charge in [-0.1, -0.05) is 30.3 Å². The third kappa shape index (κ3) is 4.90. The Hall–Kier alpha value is -1.69. The van der Waals surface area contributed by atoms with Crippen molar-refractivity contribution in [2.75, 3.05) is 39.3 Å². The van der Waals surface area contributed by atoms with Gasteiger partial charge in [0.25, 0.3) is 0 Å². The Bertz CT molecular complexity index is 604. The van der Waals surface area contributed by atoms with E-state index in [1.165, 1.54) is 0 Å². The molecule has 0 radical (unpaired) electrons. The van der Waals surface area contributed by atoms with Gasteiger partial charge in [-0.15, -0.1) is 0 Å². The van der Waals surface area contributed by atoms with Crippen molar-refractivity contribution in [3.05, 3.63) is 42.5 Å². The van der Waals surface area contributed by atoms with Crippen LogP contribution in [-0.2, 0) is 11.3 Å². The molecule has 1 saturated heterocycles. The van der Waals surface area contributed by atoms with Gasteiger partial charge in [0.1, 0.15) is 12.0 Å². The van der Waals surface area contributed by atoms with Gasteiger partial charge in [-0.05, 0) is 13.8 Å². The monoisotopic (exact) mass is 329 g/mol. The van der Waals surface area contributed by atoms with Gasteiger partial charge < -0.3 is 9.15 Å². The van der Waals surface area contributed by atoms with Gasteiger partial charge in [0, 0.05) is 38.3 Å². The highest BCUT2D eigenvalue weighted by Gasteiger charge is 2.18. The summed E-state index contributed by atoms with van der Waals surface area (Å²) in [6.45, 7) is 11.0. The van der Waals surface area contributed by atoms with E-state index >= 15 is 0 Å². The Morgan fingerprint density at radius 1 is 1.08 bits per heavy atom. The Morgan fingerprint density at radius 2 is 1.79 bits per heavy atom. The van der Waals surface area contributed by atoms with E-state index in [4.69, 9.17) is 9.15 Å². The highest BCUT2D eigenvalue weighted by Crippen LogP contribution is 2.19. The van der Waals surface area contributed by atoms with E-state index < -0.39 is 0 Å². The van der Waals surface area contributed by atoms with E-state index in [2.05, 4.69) is 40.8 Å². The molecule has 0 spiro atoms. The second-order valence-electron chi connectivity index (χ2n) is 6.53. The van der Waals surface area contributed by atoms with Crippen molar-refractivity contribution in [3.8, 4) is 11.3 Å². The summed E-state index contributed by atoms with van der Waals surface area (Å²) >= 11 is 0. The Morgan fingerprint density at radius 3 is 2.50 bits per heavy atom. The van der Waals surface area contributed by atoms with Crippen LogP contribution in [0.3, 0.4) is 0 Å². The zero-order chi connectivity index (χ0) is 16.8. The Labute approximate surface area is 144 Å². The normalized spacial score (nSPS) is 16.8. The second-order valence-corrected chi connectivity index (χ2v) is 6.53. The first-order valence-electron chi connectivity index (χ1n) is 8.77. The van der Waals surface area contributed by atoms with E-state index in [-0.39, 0.29) is 0 Å². The number of benzene rings is 1. The summed E-state index contributed by atoms with van der Waals surface area (Å²) in [5.74, 6) is 0.797. The predicted molar refractivity (Wildman–Crippen MR) is 94.7 cm³/mol. The number of rotatable bonds is 7. The van der Waals surface area contributed by atoms with E-state index in [0.717, 1.165) is 63.0 Å². The molecule has 0 N–H and O–H groups in total. The van der Waals surface area contributed by atoms with Crippen molar-refractivity contribution in [3.63, 3.8) is 0 Å². The van der Waals surface area contributed by atoms with Crippen molar-refractivity contribution in [2.24, 2.45) is 0 Å². The van der Waals surface area contributed by atoms with Crippen molar-refractivity contribution in [1.82, 2.24) is 14.8 Å². The molecule has 0 amide bonds. The fourth-order valence-electron chi connectivity index (χ4n) is 2.90. The van der Waals surface area contributed by atoms with Crippen molar-refractivity contribution < 1.29 is 9.15 Å². The summed E-state index contributed by atoms with van der Waals surface area (Å²) in [4.78, 5) is 9.49. The van der Waals surface area contributed by atoms with Crippen LogP contribution in [0, 0.1) is 0 Å². The fourth-order valence-corrected chi connectivity index (χ4v) is 2.90. The maximum absolute atomic E-state index is 5.65. The first kappa shape index (κ1) is 17.1. The molecule has 0 unspecified atom stereocenters. The molecule has 1 fully saturated rings. The quantitative estimate of drug-likeness (QED) is 0.781. The summed E-state index contributed by atoms with van der Waals surface area (Å²) in [6.07, 6.45) is 2.07. The molecule has 0 bridgehead atoms. The van der Waals surface area contributed by atoms with Gasteiger partial charge in [-0.3, -0.25) is 9.80 Å². The van der Waals surface area contributed by atoms with Crippen LogP contribution in [0.1, 0.15) is 19.7 Å². The van der Waals surface area contributed by atoms with Crippen LogP contribution >= 0.6 is 0 Å². The average molecular weight is 329 g/mol. The number of ether oxygens (including phenoxy) is 1. The molecule has 0 aliphatic carbocycles. The van der Waals surface area contributed by atoms with Crippen LogP contribution in [-0.4, -0.2) is 60.2 Å². The number of hydrogen-bond donors (Lipinski definition) is 0. The maximum atomic E-state index is 5.65. The van der Waals surface area contributed by atoms with Gasteiger partial charge in [-0.2, -0.15) is 0 Å². The lowest BCUT2D eigenvalue weighted by Gasteiger charge is -2.34. The van der Waals surface area contributed by atoms with Gasteiger partial charge in [0.15, 0.2) is 0 Å². The molecule has 5 heteroatoms. The SMILES string of the molecule is CC(C)OCCN1CCN(Cc2nc(-c3ccccc3)co2)CC1. The van der Waals surface area contributed by atoms with Gasteiger partial charge in [0.05, 0.1) is 19.3 Å². The molecule has 2 heterocycles. The minimum absolute atomic E-state index is 0.315. The third-order valence-electron chi connectivity index (χ3n) is 4.30. The van der Waals surface area contributed by atoms with Crippen molar-refractivity contribution >= 4 is 0 Å². The van der Waals surface area contributed by atoms with E-state index in [9.17, 15) is 0 Å². The van der Waals surface area contributed by atoms with Crippen LogP contribution in [0.5, 0.6) is 0 Å². The van der Waals surface area contributed by atoms with E-state index in [1.807, 2.05) is 18.2 Å². The van der Waals surface area contributed by atoms with Crippen molar-refractivity contribution in [1.29, 1.82) is 0 Å². The van der Waals surface area contributed by atoms with Gasteiger partial charge >= 0.3 is 0 Å². The van der Waals surface area contributed by atoms with Gasteiger partial charge in [0.2, 0.25) is 5.89 Å². The number of piperazine rings is 1. The third-order valence-corrected chi connectivity index (χ3v) is 4.30. The molecule has 1 aromatic carbocycles. The van der Waals surface area contributed by atoms with Crippen LogP contribution in [0.4, 0.5) is 0 Å². The summed E-state index contributed by atoms with van der Waals surface area (Å²) < 4.78 is 11.3. The summed E-state index contributed by atoms with van der Waals surface area (Å²) in [5.41, 5.74) is 2.01. The smallest absolute Gasteiger partial charge is 0.208 e. The minimum Gasteiger partial charge on any atom is -0.447 e. The van der Waals surface area contributed by atoms with E-state index in [1.54, 1.807) is 6.26 Å². The molecule has 130 valence electrons. The largest absolute Gasteiger partial charge is 0.447 e. The predicted octanol–water partition coefficient (Wildman–Crippen LogP) is 2.88. The van der Waals surface area contributed by atoms with Crippen LogP contribution in [0.25, 0.3) is 11.3 Å². The number of aromatic nitrogens is 1. The molecule has 1 aromatic heterocycles.